The number of alkyl halides is 3. The number of fused-ring (bicyclic) bond motifs is 1. The van der Waals surface area contributed by atoms with Gasteiger partial charge in [-0.3, -0.25) is 4.99 Å². The number of aryl methyl sites for hydroxylation is 1. The molecule has 0 saturated heterocycles. The van der Waals surface area contributed by atoms with Gasteiger partial charge in [0.25, 0.3) is 0 Å². The molecule has 132 valence electrons. The molecule has 0 amide bonds. The first kappa shape index (κ1) is 18.2. The van der Waals surface area contributed by atoms with Crippen LogP contribution in [-0.2, 0) is 6.42 Å². The van der Waals surface area contributed by atoms with E-state index in [2.05, 4.69) is 38.8 Å². The average molecular weight is 340 g/mol. The highest BCUT2D eigenvalue weighted by atomic mass is 19.4. The molecule has 24 heavy (non-hydrogen) atoms. The highest BCUT2D eigenvalue weighted by Crippen LogP contribution is 2.20. The fraction of sp³-hybridized carbons (Fsp3) is 0.471. The smallest absolute Gasteiger partial charge is 0.361 e. The minimum absolute atomic E-state index is 0.273. The third kappa shape index (κ3) is 5.47. The van der Waals surface area contributed by atoms with Crippen LogP contribution in [0, 0.1) is 6.92 Å². The third-order valence-corrected chi connectivity index (χ3v) is 3.62. The SMILES string of the molecule is CCNC(=NCCC(F)(F)F)NCCc1c[nH]c2cc(C)ccc12. The van der Waals surface area contributed by atoms with E-state index in [4.69, 9.17) is 0 Å². The van der Waals surface area contributed by atoms with Crippen LogP contribution in [0.3, 0.4) is 0 Å². The molecule has 2 rings (SSSR count). The normalized spacial score (nSPS) is 12.6. The van der Waals surface area contributed by atoms with E-state index in [-0.39, 0.29) is 6.54 Å². The first-order valence-corrected chi connectivity index (χ1v) is 8.04. The van der Waals surface area contributed by atoms with E-state index in [1.165, 1.54) is 16.5 Å². The quantitative estimate of drug-likeness (QED) is 0.557. The zero-order valence-corrected chi connectivity index (χ0v) is 13.9. The summed E-state index contributed by atoms with van der Waals surface area (Å²) in [4.78, 5) is 7.20. The topological polar surface area (TPSA) is 52.2 Å². The second-order valence-electron chi connectivity index (χ2n) is 5.67. The van der Waals surface area contributed by atoms with E-state index >= 15 is 0 Å². The lowest BCUT2D eigenvalue weighted by atomic mass is 10.1. The van der Waals surface area contributed by atoms with E-state index in [9.17, 15) is 13.2 Å². The van der Waals surface area contributed by atoms with Gasteiger partial charge in [0.1, 0.15) is 0 Å². The van der Waals surface area contributed by atoms with Gasteiger partial charge < -0.3 is 15.6 Å². The Kier molecular flexibility index (Phi) is 6.11. The van der Waals surface area contributed by atoms with Crippen molar-refractivity contribution in [3.63, 3.8) is 0 Å². The van der Waals surface area contributed by atoms with E-state index in [1.807, 2.05) is 20.0 Å². The van der Waals surface area contributed by atoms with Crippen molar-refractivity contribution in [3.8, 4) is 0 Å². The Morgan fingerprint density at radius 3 is 2.75 bits per heavy atom. The maximum Gasteiger partial charge on any atom is 0.390 e. The van der Waals surface area contributed by atoms with Crippen molar-refractivity contribution < 1.29 is 13.2 Å². The van der Waals surface area contributed by atoms with Gasteiger partial charge >= 0.3 is 6.18 Å². The van der Waals surface area contributed by atoms with Gasteiger partial charge in [0, 0.05) is 30.2 Å². The minimum atomic E-state index is -4.18. The predicted octanol–water partition coefficient (Wildman–Crippen LogP) is 3.53. The monoisotopic (exact) mass is 340 g/mol. The fourth-order valence-electron chi connectivity index (χ4n) is 2.46. The first-order valence-electron chi connectivity index (χ1n) is 8.04. The fourth-order valence-corrected chi connectivity index (χ4v) is 2.46. The highest BCUT2D eigenvalue weighted by Gasteiger charge is 2.26. The number of nitrogens with zero attached hydrogens (tertiary/aromatic N) is 1. The molecule has 0 bridgehead atoms. The molecule has 0 saturated carbocycles. The number of H-pyrrole nitrogens is 1. The predicted molar refractivity (Wildman–Crippen MR) is 91.4 cm³/mol. The summed E-state index contributed by atoms with van der Waals surface area (Å²) in [7, 11) is 0. The van der Waals surface area contributed by atoms with Gasteiger partial charge in [0.15, 0.2) is 5.96 Å². The summed E-state index contributed by atoms with van der Waals surface area (Å²) in [5.41, 5.74) is 3.46. The number of aliphatic imine (C=N–C) groups is 1. The maximum absolute atomic E-state index is 12.2. The molecule has 0 atom stereocenters. The summed E-state index contributed by atoms with van der Waals surface area (Å²) in [6.07, 6.45) is -2.36. The first-order chi connectivity index (χ1) is 11.4. The van der Waals surface area contributed by atoms with Crippen LogP contribution in [0.4, 0.5) is 13.2 Å². The Balaban J connectivity index is 1.90. The Hall–Kier alpha value is -2.18. The lowest BCUT2D eigenvalue weighted by molar-refractivity contribution is -0.132. The summed E-state index contributed by atoms with van der Waals surface area (Å²) in [6, 6.07) is 6.24. The molecule has 0 spiro atoms. The second-order valence-corrected chi connectivity index (χ2v) is 5.67. The van der Waals surface area contributed by atoms with Crippen LogP contribution >= 0.6 is 0 Å². The molecule has 4 nitrogen and oxygen atoms in total. The molecule has 7 heteroatoms. The molecule has 0 fully saturated rings. The number of halogens is 3. The zero-order chi connectivity index (χ0) is 17.6. The number of guanidine groups is 1. The average Bonchev–Trinajstić information content (AvgIpc) is 2.88. The van der Waals surface area contributed by atoms with Gasteiger partial charge in [-0.15, -0.1) is 0 Å². The molecule has 2 aromatic rings. The van der Waals surface area contributed by atoms with Gasteiger partial charge in [-0.25, -0.2) is 0 Å². The summed E-state index contributed by atoms with van der Waals surface area (Å²) in [5.74, 6) is 0.414. The molecule has 3 N–H and O–H groups in total. The lowest BCUT2D eigenvalue weighted by Crippen LogP contribution is -2.38. The van der Waals surface area contributed by atoms with E-state index in [1.54, 1.807) is 0 Å². The van der Waals surface area contributed by atoms with Gasteiger partial charge in [-0.2, -0.15) is 13.2 Å². The van der Waals surface area contributed by atoms with Crippen molar-refractivity contribution in [3.05, 3.63) is 35.5 Å². The van der Waals surface area contributed by atoms with E-state index in [0.717, 1.165) is 11.9 Å². The number of aromatic amines is 1. The Labute approximate surface area is 139 Å². The van der Waals surface area contributed by atoms with Crippen molar-refractivity contribution in [2.24, 2.45) is 4.99 Å². The Morgan fingerprint density at radius 2 is 2.04 bits per heavy atom. The molecular weight excluding hydrogens is 317 g/mol. The second kappa shape index (κ2) is 8.08. The molecule has 1 heterocycles. The van der Waals surface area contributed by atoms with Gasteiger partial charge in [-0.1, -0.05) is 12.1 Å². The van der Waals surface area contributed by atoms with Crippen LogP contribution in [0.25, 0.3) is 10.9 Å². The number of benzene rings is 1. The van der Waals surface area contributed by atoms with Crippen LogP contribution in [0.5, 0.6) is 0 Å². The molecule has 0 aliphatic rings. The minimum Gasteiger partial charge on any atom is -0.361 e. The molecule has 1 aromatic carbocycles. The summed E-state index contributed by atoms with van der Waals surface area (Å²) < 4.78 is 36.6. The van der Waals surface area contributed by atoms with Crippen molar-refractivity contribution in [2.75, 3.05) is 19.6 Å². The zero-order valence-electron chi connectivity index (χ0n) is 13.9. The Bertz CT molecular complexity index is 689. The van der Waals surface area contributed by atoms with Gasteiger partial charge in [0.2, 0.25) is 0 Å². The number of hydrogen-bond acceptors (Lipinski definition) is 1. The molecule has 0 radical (unpaired) electrons. The van der Waals surface area contributed by atoms with Crippen LogP contribution in [0.2, 0.25) is 0 Å². The van der Waals surface area contributed by atoms with Crippen molar-refractivity contribution in [2.45, 2.75) is 32.9 Å². The van der Waals surface area contributed by atoms with Gasteiger partial charge in [-0.05, 0) is 37.5 Å². The number of aromatic nitrogens is 1. The summed E-state index contributed by atoms with van der Waals surface area (Å²) in [6.45, 7) is 4.85. The molecule has 0 aliphatic carbocycles. The van der Waals surface area contributed by atoms with Crippen LogP contribution in [0.15, 0.2) is 29.4 Å². The van der Waals surface area contributed by atoms with Crippen molar-refractivity contribution >= 4 is 16.9 Å². The van der Waals surface area contributed by atoms with Crippen LogP contribution in [-0.4, -0.2) is 36.8 Å². The van der Waals surface area contributed by atoms with Crippen molar-refractivity contribution in [1.29, 1.82) is 0 Å². The summed E-state index contributed by atoms with van der Waals surface area (Å²) in [5, 5.41) is 7.20. The van der Waals surface area contributed by atoms with Crippen molar-refractivity contribution in [1.82, 2.24) is 15.6 Å². The number of hydrogen-bond donors (Lipinski definition) is 3. The van der Waals surface area contributed by atoms with E-state index in [0.29, 0.717) is 19.0 Å². The Morgan fingerprint density at radius 1 is 1.25 bits per heavy atom. The maximum atomic E-state index is 12.2. The summed E-state index contributed by atoms with van der Waals surface area (Å²) >= 11 is 0. The number of rotatable bonds is 6. The molecule has 0 unspecified atom stereocenters. The third-order valence-electron chi connectivity index (χ3n) is 3.62. The van der Waals surface area contributed by atoms with Crippen LogP contribution < -0.4 is 10.6 Å². The highest BCUT2D eigenvalue weighted by molar-refractivity contribution is 5.84. The van der Waals surface area contributed by atoms with Gasteiger partial charge in [0.05, 0.1) is 13.0 Å². The molecule has 1 aromatic heterocycles. The number of nitrogens with one attached hydrogen (secondary N) is 3. The van der Waals surface area contributed by atoms with E-state index < -0.39 is 12.6 Å². The molecule has 0 aliphatic heterocycles. The lowest BCUT2D eigenvalue weighted by Gasteiger charge is -2.11. The molecular formula is C17H23F3N4. The standard InChI is InChI=1S/C17H23F3N4/c1-3-21-16(23-9-7-17(18,19)20)22-8-6-13-11-24-15-10-12(2)4-5-14(13)15/h4-5,10-11,24H,3,6-9H2,1-2H3,(H2,21,22,23). The largest absolute Gasteiger partial charge is 0.390 e. The van der Waals surface area contributed by atoms with Crippen LogP contribution in [0.1, 0.15) is 24.5 Å².